The Kier molecular flexibility index (Phi) is 52.5. The SMILES string of the molecule is CCCCCCCCCCCC/C=C/[C@@H](O)[C@H](COP(=O)(O)OCC[N+](C)(C)C)NC(=O)CCCCCCCCCCCCCCCCCCCCCCCCCCCCCCCCCCCCCC. The number of rotatable bonds is 58. The normalized spacial score (nSPS) is 13.9. The molecule has 0 aliphatic rings. The average molecular weight is 1010 g/mol. The van der Waals surface area contributed by atoms with E-state index in [4.69, 9.17) is 9.05 Å². The van der Waals surface area contributed by atoms with Crippen LogP contribution in [0.4, 0.5) is 0 Å². The Hall–Kier alpha value is -0.760. The van der Waals surface area contributed by atoms with Gasteiger partial charge in [-0.05, 0) is 19.3 Å². The van der Waals surface area contributed by atoms with Gasteiger partial charge in [0.1, 0.15) is 13.2 Å². The van der Waals surface area contributed by atoms with E-state index < -0.39 is 20.0 Å². The molecule has 0 fully saturated rings. The second-order valence-electron chi connectivity index (χ2n) is 22.8. The molecule has 1 amide bonds. The largest absolute Gasteiger partial charge is 0.472 e. The van der Waals surface area contributed by atoms with Crippen LogP contribution in [0.15, 0.2) is 12.2 Å². The number of hydrogen-bond acceptors (Lipinski definition) is 5. The molecule has 0 bridgehead atoms. The summed E-state index contributed by atoms with van der Waals surface area (Å²) in [4.78, 5) is 23.2. The lowest BCUT2D eigenvalue weighted by Gasteiger charge is -2.25. The Labute approximate surface area is 437 Å². The summed E-state index contributed by atoms with van der Waals surface area (Å²) in [5, 5.41) is 13.9. The molecule has 0 radical (unpaired) electrons. The van der Waals surface area contributed by atoms with Crippen LogP contribution in [0, 0.1) is 0 Å². The Balaban J connectivity index is 3.86. The van der Waals surface area contributed by atoms with Crippen molar-refractivity contribution in [1.29, 1.82) is 0 Å². The van der Waals surface area contributed by atoms with Crippen molar-refractivity contribution in [3.05, 3.63) is 12.2 Å². The molecule has 0 spiro atoms. The number of hydrogen-bond donors (Lipinski definition) is 3. The van der Waals surface area contributed by atoms with Gasteiger partial charge >= 0.3 is 7.82 Å². The molecule has 0 aromatic carbocycles. The Morgan fingerprint density at radius 2 is 0.757 bits per heavy atom. The second-order valence-corrected chi connectivity index (χ2v) is 24.3. The van der Waals surface area contributed by atoms with E-state index in [0.29, 0.717) is 17.4 Å². The summed E-state index contributed by atoms with van der Waals surface area (Å²) < 4.78 is 23.7. The van der Waals surface area contributed by atoms with Crippen molar-refractivity contribution in [2.24, 2.45) is 0 Å². The molecule has 0 heterocycles. The van der Waals surface area contributed by atoms with Crippen LogP contribution in [0.5, 0.6) is 0 Å². The topological polar surface area (TPSA) is 105 Å². The van der Waals surface area contributed by atoms with Gasteiger partial charge in [-0.2, -0.15) is 0 Å². The molecule has 9 heteroatoms. The van der Waals surface area contributed by atoms with E-state index in [0.717, 1.165) is 38.5 Å². The number of allylic oxidation sites excluding steroid dienone is 1. The van der Waals surface area contributed by atoms with Crippen LogP contribution in [-0.2, 0) is 18.4 Å². The minimum absolute atomic E-state index is 0.0649. The maximum atomic E-state index is 13.0. The third-order valence-corrected chi connectivity index (χ3v) is 15.5. The molecule has 0 aromatic rings. The highest BCUT2D eigenvalue weighted by Crippen LogP contribution is 2.43. The van der Waals surface area contributed by atoms with Gasteiger partial charge in [0.15, 0.2) is 0 Å². The van der Waals surface area contributed by atoms with Crippen LogP contribution < -0.4 is 5.32 Å². The molecule has 1 unspecified atom stereocenters. The average Bonchev–Trinajstić information content (AvgIpc) is 3.32. The monoisotopic (exact) mass is 1010 g/mol. The third kappa shape index (κ3) is 55.0. The van der Waals surface area contributed by atoms with Crippen molar-refractivity contribution in [2.75, 3.05) is 40.9 Å². The fraction of sp³-hybridized carbons (Fsp3) is 0.951. The van der Waals surface area contributed by atoms with Gasteiger partial charge in [-0.1, -0.05) is 309 Å². The molecule has 0 saturated carbocycles. The Bertz CT molecular complexity index is 1150. The third-order valence-electron chi connectivity index (χ3n) is 14.5. The smallest absolute Gasteiger partial charge is 0.387 e. The lowest BCUT2D eigenvalue weighted by atomic mass is 10.0. The highest BCUT2D eigenvalue weighted by Gasteiger charge is 2.27. The minimum Gasteiger partial charge on any atom is -0.387 e. The second kappa shape index (κ2) is 53.1. The Morgan fingerprint density at radius 3 is 1.06 bits per heavy atom. The summed E-state index contributed by atoms with van der Waals surface area (Å²) in [7, 11) is 1.59. The molecule has 3 N–H and O–H groups in total. The lowest BCUT2D eigenvalue weighted by Crippen LogP contribution is -2.45. The molecular weight excluding hydrogens is 888 g/mol. The number of likely N-dealkylation sites (N-methyl/N-ethyl adjacent to an activating group) is 1. The number of carbonyl (C=O) groups excluding carboxylic acids is 1. The van der Waals surface area contributed by atoms with Crippen LogP contribution in [0.1, 0.15) is 322 Å². The van der Waals surface area contributed by atoms with Gasteiger partial charge in [-0.15, -0.1) is 0 Å². The van der Waals surface area contributed by atoms with Crippen molar-refractivity contribution in [3.8, 4) is 0 Å². The fourth-order valence-corrected chi connectivity index (χ4v) is 10.4. The van der Waals surface area contributed by atoms with Gasteiger partial charge in [-0.3, -0.25) is 13.8 Å². The molecule has 418 valence electrons. The van der Waals surface area contributed by atoms with Gasteiger partial charge in [0.05, 0.1) is 39.9 Å². The maximum Gasteiger partial charge on any atom is 0.472 e. The van der Waals surface area contributed by atoms with Crippen LogP contribution in [0.25, 0.3) is 0 Å². The van der Waals surface area contributed by atoms with E-state index in [1.54, 1.807) is 6.08 Å². The molecule has 0 aliphatic carbocycles. The summed E-state index contributed by atoms with van der Waals surface area (Å²) in [6.45, 7) is 4.85. The van der Waals surface area contributed by atoms with Crippen molar-refractivity contribution in [2.45, 2.75) is 334 Å². The van der Waals surface area contributed by atoms with Gasteiger partial charge in [0, 0.05) is 6.42 Å². The van der Waals surface area contributed by atoms with E-state index in [9.17, 15) is 19.4 Å². The van der Waals surface area contributed by atoms with E-state index in [1.807, 2.05) is 27.2 Å². The molecule has 0 aliphatic heterocycles. The number of phosphoric ester groups is 1. The predicted molar refractivity (Wildman–Crippen MR) is 305 cm³/mol. The molecule has 8 nitrogen and oxygen atoms in total. The molecule has 0 rings (SSSR count). The quantitative estimate of drug-likeness (QED) is 0.0243. The van der Waals surface area contributed by atoms with Crippen molar-refractivity contribution >= 4 is 13.7 Å². The fourth-order valence-electron chi connectivity index (χ4n) is 9.63. The zero-order chi connectivity index (χ0) is 51.3. The van der Waals surface area contributed by atoms with Gasteiger partial charge in [0.25, 0.3) is 0 Å². The summed E-state index contributed by atoms with van der Waals surface area (Å²) in [5.41, 5.74) is 0. The van der Waals surface area contributed by atoms with Gasteiger partial charge in [0.2, 0.25) is 5.91 Å². The number of unbranched alkanes of at least 4 members (excludes halogenated alkanes) is 45. The zero-order valence-electron chi connectivity index (χ0n) is 47.8. The number of aliphatic hydroxyl groups is 1. The number of aliphatic hydroxyl groups excluding tert-OH is 1. The minimum atomic E-state index is -4.34. The summed E-state index contributed by atoms with van der Waals surface area (Å²) in [5.74, 6) is -0.171. The Morgan fingerprint density at radius 1 is 0.471 bits per heavy atom. The van der Waals surface area contributed by atoms with Crippen molar-refractivity contribution in [3.63, 3.8) is 0 Å². The summed E-state index contributed by atoms with van der Waals surface area (Å²) >= 11 is 0. The van der Waals surface area contributed by atoms with E-state index in [-0.39, 0.29) is 19.1 Å². The molecule has 0 saturated heterocycles. The van der Waals surface area contributed by atoms with Crippen LogP contribution >= 0.6 is 7.82 Å². The van der Waals surface area contributed by atoms with Crippen LogP contribution in [0.2, 0.25) is 0 Å². The van der Waals surface area contributed by atoms with Crippen LogP contribution in [-0.4, -0.2) is 73.4 Å². The van der Waals surface area contributed by atoms with E-state index >= 15 is 0 Å². The van der Waals surface area contributed by atoms with Crippen molar-refractivity contribution < 1.29 is 32.9 Å². The predicted octanol–water partition coefficient (Wildman–Crippen LogP) is 19.0. The summed E-state index contributed by atoms with van der Waals surface area (Å²) in [6.07, 6.45) is 66.4. The number of amides is 1. The molecular formula is C61H124N2O6P+. The van der Waals surface area contributed by atoms with E-state index in [1.165, 1.54) is 263 Å². The first-order chi connectivity index (χ1) is 34.0. The number of quaternary nitrogens is 1. The molecule has 3 atom stereocenters. The number of nitrogens with one attached hydrogen (secondary N) is 1. The maximum absolute atomic E-state index is 13.0. The standard InChI is InChI=1S/C61H123N2O6P/c1-6-8-10-12-14-16-18-20-21-22-23-24-25-26-27-28-29-30-31-32-33-34-35-36-37-38-39-40-41-42-43-45-47-49-51-53-55-61(65)62-59(58-69-70(66,67)68-57-56-63(3,4)5)60(64)54-52-50-48-46-44-19-17-15-13-11-9-7-2/h52,54,59-60,64H,6-51,53,55-58H2,1-5H3,(H-,62,65,66,67)/p+1/b54-52+/t59-,60+/m0/s1. The highest BCUT2D eigenvalue weighted by atomic mass is 31.2. The van der Waals surface area contributed by atoms with Gasteiger partial charge < -0.3 is 19.8 Å². The van der Waals surface area contributed by atoms with Crippen LogP contribution in [0.3, 0.4) is 0 Å². The number of carbonyl (C=O) groups is 1. The number of nitrogens with zero attached hydrogens (tertiary/aromatic N) is 1. The first-order valence-electron chi connectivity index (χ1n) is 31.1. The number of phosphoric acid groups is 1. The first kappa shape index (κ1) is 69.2. The van der Waals surface area contributed by atoms with Gasteiger partial charge in [-0.25, -0.2) is 4.57 Å². The first-order valence-corrected chi connectivity index (χ1v) is 32.6. The zero-order valence-corrected chi connectivity index (χ0v) is 48.7. The molecule has 0 aromatic heterocycles. The van der Waals surface area contributed by atoms with Crippen molar-refractivity contribution in [1.82, 2.24) is 5.32 Å². The molecule has 70 heavy (non-hydrogen) atoms. The highest BCUT2D eigenvalue weighted by molar-refractivity contribution is 7.47. The lowest BCUT2D eigenvalue weighted by molar-refractivity contribution is -0.870. The van der Waals surface area contributed by atoms with E-state index in [2.05, 4.69) is 19.2 Å². The summed E-state index contributed by atoms with van der Waals surface area (Å²) in [6, 6.07) is -0.841.